The Morgan fingerprint density at radius 3 is 1.42 bits per heavy atom. The fourth-order valence-corrected chi connectivity index (χ4v) is 2.97. The molecule has 1 aliphatic rings. The van der Waals surface area contributed by atoms with Crippen LogP contribution in [0.3, 0.4) is 0 Å². The summed E-state index contributed by atoms with van der Waals surface area (Å²) in [4.78, 5) is 0. The predicted molar refractivity (Wildman–Crippen MR) is 84.8 cm³/mol. The fraction of sp³-hybridized carbons (Fsp3) is 0.368. The van der Waals surface area contributed by atoms with E-state index >= 15 is 0 Å². The largest absolute Gasteiger partial charge is 0.0683 e. The van der Waals surface area contributed by atoms with Crippen LogP contribution in [-0.2, 0) is 5.41 Å². The van der Waals surface area contributed by atoms with Crippen LogP contribution in [0.15, 0.2) is 36.4 Å². The van der Waals surface area contributed by atoms with E-state index in [1.165, 1.54) is 33.4 Å². The first-order valence-corrected chi connectivity index (χ1v) is 7.23. The van der Waals surface area contributed by atoms with Gasteiger partial charge in [-0.25, -0.2) is 0 Å². The van der Waals surface area contributed by atoms with Crippen molar-refractivity contribution in [1.29, 1.82) is 0 Å². The van der Waals surface area contributed by atoms with Gasteiger partial charge >= 0.3 is 0 Å². The maximum Gasteiger partial charge on any atom is 0.0159 e. The van der Waals surface area contributed by atoms with Gasteiger partial charge in [-0.1, -0.05) is 75.2 Å². The third-order valence-corrected chi connectivity index (χ3v) is 3.99. The van der Waals surface area contributed by atoms with Crippen molar-refractivity contribution in [3.63, 3.8) is 0 Å². The van der Waals surface area contributed by atoms with Gasteiger partial charge in [0.15, 0.2) is 0 Å². The van der Waals surface area contributed by atoms with Crippen LogP contribution in [0, 0.1) is 13.8 Å². The summed E-state index contributed by atoms with van der Waals surface area (Å²) < 4.78 is 0. The average Bonchev–Trinajstić information content (AvgIpc) is 2.61. The molecule has 0 spiro atoms. The molecule has 2 aromatic rings. The van der Waals surface area contributed by atoms with Gasteiger partial charge < -0.3 is 0 Å². The summed E-state index contributed by atoms with van der Waals surface area (Å²) in [6.07, 6.45) is 0. The molecular weight excluding hydrogens is 228 g/mol. The van der Waals surface area contributed by atoms with Crippen LogP contribution >= 0.6 is 0 Å². The third kappa shape index (κ3) is 2.10. The van der Waals surface area contributed by atoms with Crippen LogP contribution in [0.25, 0.3) is 11.1 Å². The smallest absolute Gasteiger partial charge is 0.0159 e. The number of rotatable bonds is 0. The lowest BCUT2D eigenvalue weighted by atomic mass is 9.81. The first-order valence-electron chi connectivity index (χ1n) is 7.23. The third-order valence-electron chi connectivity index (χ3n) is 3.99. The number of hydrogen-bond acceptors (Lipinski definition) is 0. The minimum Gasteiger partial charge on any atom is -0.0683 e. The summed E-state index contributed by atoms with van der Waals surface area (Å²) in [6.45, 7) is 13.0. The van der Waals surface area contributed by atoms with Crippen molar-refractivity contribution < 1.29 is 0 Å². The van der Waals surface area contributed by atoms with E-state index in [0.29, 0.717) is 0 Å². The van der Waals surface area contributed by atoms with E-state index in [4.69, 9.17) is 0 Å². The Labute approximate surface area is 117 Å². The summed E-state index contributed by atoms with van der Waals surface area (Å²) in [6, 6.07) is 13.6. The predicted octanol–water partition coefficient (Wildman–Crippen LogP) is 5.64. The quantitative estimate of drug-likeness (QED) is 0.569. The summed E-state index contributed by atoms with van der Waals surface area (Å²) in [5, 5.41) is 0. The van der Waals surface area contributed by atoms with Crippen LogP contribution < -0.4 is 0 Å². The molecule has 0 amide bonds. The Hall–Kier alpha value is -1.56. The van der Waals surface area contributed by atoms with Crippen LogP contribution in [-0.4, -0.2) is 0 Å². The molecule has 0 aromatic heterocycles. The molecule has 0 heterocycles. The summed E-state index contributed by atoms with van der Waals surface area (Å²) in [7, 11) is 0. The lowest BCUT2D eigenvalue weighted by molar-refractivity contribution is 0.659. The van der Waals surface area contributed by atoms with Crippen molar-refractivity contribution in [3.8, 4) is 11.1 Å². The SMILES string of the molecule is CC.Cc1ccc2c(c1)C(C)(C)c1cc(C)ccc1-2. The minimum absolute atomic E-state index is 0.142. The molecule has 0 radical (unpaired) electrons. The first kappa shape index (κ1) is 13.9. The van der Waals surface area contributed by atoms with Crippen molar-refractivity contribution in [2.24, 2.45) is 0 Å². The molecule has 0 bridgehead atoms. The second-order valence-electron chi connectivity index (χ2n) is 5.72. The molecule has 0 heteroatoms. The summed E-state index contributed by atoms with van der Waals surface area (Å²) in [5.41, 5.74) is 8.60. The topological polar surface area (TPSA) is 0 Å². The highest BCUT2D eigenvalue weighted by Gasteiger charge is 2.35. The number of fused-ring (bicyclic) bond motifs is 3. The van der Waals surface area contributed by atoms with E-state index in [1.54, 1.807) is 0 Å². The van der Waals surface area contributed by atoms with Gasteiger partial charge in [-0.2, -0.15) is 0 Å². The van der Waals surface area contributed by atoms with E-state index in [-0.39, 0.29) is 5.41 Å². The van der Waals surface area contributed by atoms with Crippen LogP contribution in [0.4, 0.5) is 0 Å². The van der Waals surface area contributed by atoms with Gasteiger partial charge in [0.1, 0.15) is 0 Å². The molecule has 0 aliphatic heterocycles. The van der Waals surface area contributed by atoms with E-state index in [0.717, 1.165) is 0 Å². The highest BCUT2D eigenvalue weighted by atomic mass is 14.4. The normalized spacial score (nSPS) is 14.2. The average molecular weight is 252 g/mol. The molecule has 0 nitrogen and oxygen atoms in total. The molecule has 0 N–H and O–H groups in total. The molecule has 100 valence electrons. The van der Waals surface area contributed by atoms with Crippen molar-refractivity contribution in [2.75, 3.05) is 0 Å². The molecule has 0 saturated carbocycles. The zero-order chi connectivity index (χ0) is 14.2. The lowest BCUT2D eigenvalue weighted by Gasteiger charge is -2.22. The van der Waals surface area contributed by atoms with Crippen molar-refractivity contribution in [2.45, 2.75) is 47.0 Å². The van der Waals surface area contributed by atoms with E-state index < -0.39 is 0 Å². The van der Waals surface area contributed by atoms with E-state index in [2.05, 4.69) is 64.1 Å². The molecule has 3 rings (SSSR count). The lowest BCUT2D eigenvalue weighted by Crippen LogP contribution is -2.15. The van der Waals surface area contributed by atoms with Gasteiger partial charge in [0.05, 0.1) is 0 Å². The van der Waals surface area contributed by atoms with Crippen molar-refractivity contribution >= 4 is 0 Å². The maximum atomic E-state index is 2.34. The minimum atomic E-state index is 0.142. The number of hydrogen-bond donors (Lipinski definition) is 0. The molecular formula is C19H24. The zero-order valence-electron chi connectivity index (χ0n) is 13.0. The molecule has 19 heavy (non-hydrogen) atoms. The molecule has 0 saturated heterocycles. The molecule has 0 fully saturated rings. The van der Waals surface area contributed by atoms with Gasteiger partial charge in [-0.05, 0) is 36.1 Å². The van der Waals surface area contributed by atoms with Gasteiger partial charge in [0, 0.05) is 5.41 Å². The molecule has 0 unspecified atom stereocenters. The second-order valence-corrected chi connectivity index (χ2v) is 5.72. The Balaban J connectivity index is 0.000000637. The highest BCUT2D eigenvalue weighted by Crippen LogP contribution is 2.48. The second kappa shape index (κ2) is 4.85. The maximum absolute atomic E-state index is 2.34. The molecule has 1 aliphatic carbocycles. The monoisotopic (exact) mass is 252 g/mol. The van der Waals surface area contributed by atoms with Crippen LogP contribution in [0.5, 0.6) is 0 Å². The number of benzene rings is 2. The molecule has 2 aromatic carbocycles. The fourth-order valence-electron chi connectivity index (χ4n) is 2.97. The van der Waals surface area contributed by atoms with Crippen LogP contribution in [0.1, 0.15) is 49.9 Å². The zero-order valence-corrected chi connectivity index (χ0v) is 13.0. The van der Waals surface area contributed by atoms with Crippen molar-refractivity contribution in [1.82, 2.24) is 0 Å². The number of aryl methyl sites for hydroxylation is 2. The Morgan fingerprint density at radius 1 is 0.684 bits per heavy atom. The Morgan fingerprint density at radius 2 is 1.05 bits per heavy atom. The summed E-state index contributed by atoms with van der Waals surface area (Å²) >= 11 is 0. The van der Waals surface area contributed by atoms with Gasteiger partial charge in [-0.3, -0.25) is 0 Å². The van der Waals surface area contributed by atoms with E-state index in [9.17, 15) is 0 Å². The van der Waals surface area contributed by atoms with Gasteiger partial charge in [-0.15, -0.1) is 0 Å². The standard InChI is InChI=1S/C17H18.C2H6/c1-11-5-7-13-14-8-6-12(2)10-16(14)17(3,4)15(13)9-11;1-2/h5-10H,1-4H3;1-2H3. The highest BCUT2D eigenvalue weighted by molar-refractivity contribution is 5.81. The van der Waals surface area contributed by atoms with E-state index in [1.807, 2.05) is 13.8 Å². The van der Waals surface area contributed by atoms with Gasteiger partial charge in [0.2, 0.25) is 0 Å². The van der Waals surface area contributed by atoms with Gasteiger partial charge in [0.25, 0.3) is 0 Å². The van der Waals surface area contributed by atoms with Crippen molar-refractivity contribution in [3.05, 3.63) is 58.7 Å². The summed E-state index contributed by atoms with van der Waals surface area (Å²) in [5.74, 6) is 0. The Bertz CT molecular complexity index is 550. The molecule has 0 atom stereocenters. The Kier molecular flexibility index (Phi) is 3.54. The first-order chi connectivity index (χ1) is 9.00. The van der Waals surface area contributed by atoms with Crippen LogP contribution in [0.2, 0.25) is 0 Å².